The number of hydrogen-bond acceptors (Lipinski definition) is 7. The Morgan fingerprint density at radius 1 is 0.939 bits per heavy atom. The van der Waals surface area contributed by atoms with E-state index in [0.717, 1.165) is 5.82 Å². The standard InChI is InChI=1S/C22H25ClN6O4/c1-16(30)25-6-8-26(9-7-25)19-4-2-17(14-20(19)29(32)33)22(31)28-12-10-27(11-13-28)21-5-3-18(23)15-24-21/h2-5,14-15H,6-13H2,1H3. The van der Waals surface area contributed by atoms with Gasteiger partial charge in [-0.25, -0.2) is 4.98 Å². The third-order valence-electron chi connectivity index (χ3n) is 6.09. The highest BCUT2D eigenvalue weighted by molar-refractivity contribution is 6.30. The number of nitro groups is 1. The number of pyridine rings is 1. The van der Waals surface area contributed by atoms with E-state index in [4.69, 9.17) is 11.6 Å². The van der Waals surface area contributed by atoms with Gasteiger partial charge in [-0.2, -0.15) is 0 Å². The van der Waals surface area contributed by atoms with Crippen LogP contribution in [0.15, 0.2) is 36.5 Å². The lowest BCUT2D eigenvalue weighted by Crippen LogP contribution is -2.49. The maximum Gasteiger partial charge on any atom is 0.293 e. The molecule has 174 valence electrons. The van der Waals surface area contributed by atoms with E-state index < -0.39 is 4.92 Å². The van der Waals surface area contributed by atoms with Gasteiger partial charge >= 0.3 is 0 Å². The molecule has 0 spiro atoms. The minimum absolute atomic E-state index is 0.00275. The largest absolute Gasteiger partial charge is 0.362 e. The van der Waals surface area contributed by atoms with Crippen LogP contribution in [-0.4, -0.2) is 83.9 Å². The van der Waals surface area contributed by atoms with Crippen molar-refractivity contribution in [3.05, 3.63) is 57.2 Å². The molecule has 2 amide bonds. The van der Waals surface area contributed by atoms with E-state index in [1.54, 1.807) is 34.2 Å². The second-order valence-electron chi connectivity index (χ2n) is 8.07. The van der Waals surface area contributed by atoms with Gasteiger partial charge in [-0.15, -0.1) is 0 Å². The van der Waals surface area contributed by atoms with Gasteiger partial charge in [-0.3, -0.25) is 19.7 Å². The molecule has 2 fully saturated rings. The van der Waals surface area contributed by atoms with Crippen molar-refractivity contribution in [1.82, 2.24) is 14.8 Å². The average molecular weight is 473 g/mol. The topological polar surface area (TPSA) is 103 Å². The third-order valence-corrected chi connectivity index (χ3v) is 6.31. The summed E-state index contributed by atoms with van der Waals surface area (Å²) in [5.74, 6) is 0.572. The van der Waals surface area contributed by atoms with Crippen LogP contribution in [0.2, 0.25) is 5.02 Å². The number of anilines is 2. The minimum atomic E-state index is -0.451. The summed E-state index contributed by atoms with van der Waals surface area (Å²) in [5.41, 5.74) is 0.672. The number of hydrogen-bond donors (Lipinski definition) is 0. The van der Waals surface area contributed by atoms with Gasteiger partial charge in [0, 0.05) is 77.1 Å². The highest BCUT2D eigenvalue weighted by Gasteiger charge is 2.28. The summed E-state index contributed by atoms with van der Waals surface area (Å²) in [7, 11) is 0. The number of piperazine rings is 2. The van der Waals surface area contributed by atoms with E-state index in [1.807, 2.05) is 11.0 Å². The summed E-state index contributed by atoms with van der Waals surface area (Å²) in [6, 6.07) is 8.28. The van der Waals surface area contributed by atoms with Gasteiger partial charge in [-0.05, 0) is 24.3 Å². The molecule has 0 atom stereocenters. The Kier molecular flexibility index (Phi) is 6.64. The second-order valence-corrected chi connectivity index (χ2v) is 8.50. The van der Waals surface area contributed by atoms with Gasteiger partial charge in [0.25, 0.3) is 11.6 Å². The van der Waals surface area contributed by atoms with E-state index in [-0.39, 0.29) is 17.5 Å². The van der Waals surface area contributed by atoms with Crippen molar-refractivity contribution >= 4 is 40.6 Å². The number of nitro benzene ring substituents is 1. The predicted molar refractivity (Wildman–Crippen MR) is 125 cm³/mol. The molecule has 33 heavy (non-hydrogen) atoms. The van der Waals surface area contributed by atoms with Crippen LogP contribution in [0.4, 0.5) is 17.2 Å². The van der Waals surface area contributed by atoms with Crippen LogP contribution in [0.25, 0.3) is 0 Å². The molecule has 11 heteroatoms. The number of amides is 2. The Labute approximate surface area is 196 Å². The summed E-state index contributed by atoms with van der Waals surface area (Å²) < 4.78 is 0. The number of aromatic nitrogens is 1. The van der Waals surface area contributed by atoms with E-state index in [1.165, 1.54) is 13.0 Å². The van der Waals surface area contributed by atoms with E-state index in [0.29, 0.717) is 68.6 Å². The molecule has 4 rings (SSSR count). The molecule has 3 heterocycles. The van der Waals surface area contributed by atoms with Gasteiger partial charge in [0.15, 0.2) is 0 Å². The van der Waals surface area contributed by atoms with Gasteiger partial charge in [0.1, 0.15) is 11.5 Å². The molecule has 2 aliphatic heterocycles. The van der Waals surface area contributed by atoms with Gasteiger partial charge in [0.2, 0.25) is 5.91 Å². The van der Waals surface area contributed by atoms with Crippen molar-refractivity contribution in [2.24, 2.45) is 0 Å². The molecule has 0 N–H and O–H groups in total. The van der Waals surface area contributed by atoms with Crippen molar-refractivity contribution in [3.63, 3.8) is 0 Å². The fraction of sp³-hybridized carbons (Fsp3) is 0.409. The average Bonchev–Trinajstić information content (AvgIpc) is 2.84. The predicted octanol–water partition coefficient (Wildman–Crippen LogP) is 2.27. The molecular formula is C22H25ClN6O4. The Hall–Kier alpha value is -3.40. The highest BCUT2D eigenvalue weighted by atomic mass is 35.5. The molecule has 2 aromatic rings. The number of benzene rings is 1. The molecule has 2 aliphatic rings. The summed E-state index contributed by atoms with van der Waals surface area (Å²) >= 11 is 5.90. The van der Waals surface area contributed by atoms with Crippen molar-refractivity contribution in [1.29, 1.82) is 0 Å². The van der Waals surface area contributed by atoms with Crippen LogP contribution in [0.3, 0.4) is 0 Å². The fourth-order valence-electron chi connectivity index (χ4n) is 4.21. The van der Waals surface area contributed by atoms with Crippen LogP contribution >= 0.6 is 11.6 Å². The van der Waals surface area contributed by atoms with Crippen molar-refractivity contribution in [3.8, 4) is 0 Å². The highest BCUT2D eigenvalue weighted by Crippen LogP contribution is 2.31. The van der Waals surface area contributed by atoms with Crippen LogP contribution < -0.4 is 9.80 Å². The van der Waals surface area contributed by atoms with Gasteiger partial charge < -0.3 is 19.6 Å². The maximum absolute atomic E-state index is 13.1. The summed E-state index contributed by atoms with van der Waals surface area (Å²) in [5, 5.41) is 12.3. The van der Waals surface area contributed by atoms with Crippen LogP contribution in [0.1, 0.15) is 17.3 Å². The quantitative estimate of drug-likeness (QED) is 0.496. The molecule has 2 saturated heterocycles. The molecule has 1 aromatic heterocycles. The number of halogens is 1. The van der Waals surface area contributed by atoms with Crippen LogP contribution in [0.5, 0.6) is 0 Å². The molecular weight excluding hydrogens is 448 g/mol. The molecule has 1 aromatic carbocycles. The normalized spacial score (nSPS) is 16.7. The Bertz CT molecular complexity index is 1050. The zero-order valence-electron chi connectivity index (χ0n) is 18.3. The molecule has 10 nitrogen and oxygen atoms in total. The first kappa shape index (κ1) is 22.8. The fourth-order valence-corrected chi connectivity index (χ4v) is 4.32. The lowest BCUT2D eigenvalue weighted by atomic mass is 10.1. The molecule has 0 aliphatic carbocycles. The maximum atomic E-state index is 13.1. The number of carbonyl (C=O) groups is 2. The lowest BCUT2D eigenvalue weighted by molar-refractivity contribution is -0.384. The third kappa shape index (κ3) is 5.00. The first-order chi connectivity index (χ1) is 15.8. The van der Waals surface area contributed by atoms with Gasteiger partial charge in [-0.1, -0.05) is 11.6 Å². The Morgan fingerprint density at radius 3 is 2.15 bits per heavy atom. The zero-order valence-corrected chi connectivity index (χ0v) is 19.1. The summed E-state index contributed by atoms with van der Waals surface area (Å²) in [6.45, 7) is 5.77. The Balaban J connectivity index is 1.44. The molecule has 0 unspecified atom stereocenters. The first-order valence-electron chi connectivity index (χ1n) is 10.8. The zero-order chi connectivity index (χ0) is 23.5. The van der Waals surface area contributed by atoms with Crippen molar-refractivity contribution < 1.29 is 14.5 Å². The molecule has 0 bridgehead atoms. The minimum Gasteiger partial charge on any atom is -0.362 e. The summed E-state index contributed by atoms with van der Waals surface area (Å²) in [6.07, 6.45) is 1.59. The number of rotatable bonds is 4. The first-order valence-corrected chi connectivity index (χ1v) is 11.2. The van der Waals surface area contributed by atoms with E-state index in [9.17, 15) is 19.7 Å². The van der Waals surface area contributed by atoms with Crippen molar-refractivity contribution in [2.45, 2.75) is 6.92 Å². The van der Waals surface area contributed by atoms with Crippen LogP contribution in [-0.2, 0) is 4.79 Å². The van der Waals surface area contributed by atoms with Gasteiger partial charge in [0.05, 0.1) is 9.95 Å². The smallest absolute Gasteiger partial charge is 0.293 e. The summed E-state index contributed by atoms with van der Waals surface area (Å²) in [4.78, 5) is 47.6. The second kappa shape index (κ2) is 9.62. The van der Waals surface area contributed by atoms with Crippen molar-refractivity contribution in [2.75, 3.05) is 62.2 Å². The number of nitrogens with zero attached hydrogens (tertiary/aromatic N) is 6. The van der Waals surface area contributed by atoms with E-state index >= 15 is 0 Å². The molecule has 0 radical (unpaired) electrons. The monoisotopic (exact) mass is 472 g/mol. The van der Waals surface area contributed by atoms with E-state index in [2.05, 4.69) is 9.88 Å². The Morgan fingerprint density at radius 2 is 1.58 bits per heavy atom. The number of carbonyl (C=O) groups excluding carboxylic acids is 2. The molecule has 0 saturated carbocycles. The SMILES string of the molecule is CC(=O)N1CCN(c2ccc(C(=O)N3CCN(c4ccc(Cl)cn4)CC3)cc2[N+](=O)[O-])CC1. The lowest BCUT2D eigenvalue weighted by Gasteiger charge is -2.36. The van der Waals surface area contributed by atoms with Crippen LogP contribution in [0, 0.1) is 10.1 Å².